The predicted molar refractivity (Wildman–Crippen MR) is 234 cm³/mol. The van der Waals surface area contributed by atoms with Crippen LogP contribution in [0.25, 0.3) is 0 Å². The molecule has 2 aromatic carbocycles. The minimum Gasteiger partial charge on any atom is -0.379 e. The van der Waals surface area contributed by atoms with Crippen molar-refractivity contribution in [3.05, 3.63) is 71.8 Å². The molecule has 2 heterocycles. The van der Waals surface area contributed by atoms with E-state index < -0.39 is 48.1 Å². The predicted octanol–water partition coefficient (Wildman–Crippen LogP) is 2.93. The maximum atomic E-state index is 14.3. The Morgan fingerprint density at radius 1 is 0.852 bits per heavy atom. The summed E-state index contributed by atoms with van der Waals surface area (Å²) >= 11 is 0. The van der Waals surface area contributed by atoms with Crippen LogP contribution in [0.3, 0.4) is 0 Å². The van der Waals surface area contributed by atoms with E-state index in [0.717, 1.165) is 50.1 Å². The number of hydrogen-bond acceptors (Lipinski definition) is 10. The summed E-state index contributed by atoms with van der Waals surface area (Å²) in [5.74, 6) is -2.18. The summed E-state index contributed by atoms with van der Waals surface area (Å²) in [5, 5.41) is 9.16. The highest BCUT2D eigenvalue weighted by Gasteiger charge is 2.42. The molecule has 2 aliphatic heterocycles. The maximum Gasteiger partial charge on any atom is 0.266 e. The number of likely N-dealkylation sites (N-methyl/N-ethyl adjacent to an activating group) is 1. The summed E-state index contributed by atoms with van der Waals surface area (Å²) in [6.45, 7) is 13.5. The number of hydrogen-bond donors (Lipinski definition) is 4. The van der Waals surface area contributed by atoms with Crippen LogP contribution in [0.15, 0.2) is 60.7 Å². The lowest BCUT2D eigenvalue weighted by molar-refractivity contribution is -0.146. The molecule has 2 fully saturated rings. The summed E-state index contributed by atoms with van der Waals surface area (Å²) in [7, 11) is 4.79. The Labute approximate surface area is 362 Å². The van der Waals surface area contributed by atoms with Crippen molar-refractivity contribution in [3.8, 4) is 0 Å². The molecule has 4 rings (SSSR count). The first kappa shape index (κ1) is 49.2. The van der Waals surface area contributed by atoms with E-state index in [0.29, 0.717) is 13.0 Å². The van der Waals surface area contributed by atoms with Gasteiger partial charge in [0.15, 0.2) is 0 Å². The van der Waals surface area contributed by atoms with Crippen molar-refractivity contribution in [1.82, 2.24) is 36.1 Å². The van der Waals surface area contributed by atoms with Crippen molar-refractivity contribution < 1.29 is 38.3 Å². The molecular weight excluding hydrogens is 779 g/mol. The van der Waals surface area contributed by atoms with Gasteiger partial charge in [0.05, 0.1) is 55.8 Å². The summed E-state index contributed by atoms with van der Waals surface area (Å²) in [4.78, 5) is 80.0. The Bertz CT molecular complexity index is 1680. The normalized spacial score (nSPS) is 19.2. The highest BCUT2D eigenvalue weighted by molar-refractivity contribution is 5.89. The largest absolute Gasteiger partial charge is 0.379 e. The maximum absolute atomic E-state index is 14.3. The van der Waals surface area contributed by atoms with E-state index in [9.17, 15) is 24.0 Å². The molecule has 2 aliphatic rings. The van der Waals surface area contributed by atoms with Crippen LogP contribution >= 0.6 is 0 Å². The number of rotatable bonds is 23. The van der Waals surface area contributed by atoms with Crippen LogP contribution in [-0.2, 0) is 51.3 Å². The third kappa shape index (κ3) is 14.1. The Morgan fingerprint density at radius 3 is 2.08 bits per heavy atom. The molecule has 338 valence electrons. The van der Waals surface area contributed by atoms with E-state index in [4.69, 9.17) is 14.3 Å². The number of carbonyl (C=O) groups excluding carboxylic acids is 5. The molecule has 0 aromatic heterocycles. The highest BCUT2D eigenvalue weighted by Crippen LogP contribution is 2.29. The number of nitrogens with one attached hydrogen (secondary N) is 4. The van der Waals surface area contributed by atoms with Crippen LogP contribution in [0, 0.1) is 17.8 Å². The Kier molecular flexibility index (Phi) is 20.1. The van der Waals surface area contributed by atoms with E-state index in [1.165, 1.54) is 7.11 Å². The van der Waals surface area contributed by atoms with Crippen LogP contribution < -0.4 is 21.4 Å². The van der Waals surface area contributed by atoms with Crippen molar-refractivity contribution in [2.45, 2.75) is 110 Å². The molecule has 15 heteroatoms. The zero-order valence-corrected chi connectivity index (χ0v) is 37.6. The second-order valence-corrected chi connectivity index (χ2v) is 16.8. The van der Waals surface area contributed by atoms with Gasteiger partial charge in [-0.25, -0.2) is 5.48 Å². The highest BCUT2D eigenvalue weighted by atomic mass is 16.7. The van der Waals surface area contributed by atoms with Gasteiger partial charge < -0.3 is 35.2 Å². The number of ether oxygens (including phenoxy) is 2. The van der Waals surface area contributed by atoms with Crippen LogP contribution in [0.1, 0.15) is 71.4 Å². The topological polar surface area (TPSA) is 171 Å². The van der Waals surface area contributed by atoms with Crippen LogP contribution in [0.4, 0.5) is 0 Å². The molecule has 0 radical (unpaired) electrons. The molecule has 61 heavy (non-hydrogen) atoms. The third-order valence-electron chi connectivity index (χ3n) is 12.3. The van der Waals surface area contributed by atoms with Gasteiger partial charge in [-0.3, -0.25) is 33.7 Å². The molecule has 2 aromatic rings. The fourth-order valence-electron chi connectivity index (χ4n) is 8.77. The van der Waals surface area contributed by atoms with Gasteiger partial charge in [-0.05, 0) is 35.8 Å². The lowest BCUT2D eigenvalue weighted by atomic mass is 9.90. The standard InChI is InChI=1S/C46H71N7O8/c1-9-32(4)42(51(6)40(55)29-48-46(58)41(31(2)3)52-25-22-47-23-26-52)38(59-7)28-39(54)53-24-16-21-37(53)43(60-8)33(5)44(56)49-36(27-34-17-12-10-13-18-34)45(57)50-61-30-35-19-14-11-15-20-35/h10-15,17-20,31-33,36-38,41-43,47H,9,16,21-30H2,1-8H3,(H,48,58)(H,49,56)(H,50,57). The number of methoxy groups -OCH3 is 2. The quantitative estimate of drug-likeness (QED) is 0.122. The van der Waals surface area contributed by atoms with Crippen molar-refractivity contribution in [2.24, 2.45) is 17.8 Å². The fraction of sp³-hybridized carbons (Fsp3) is 0.630. The van der Waals surface area contributed by atoms with Crippen LogP contribution in [0.5, 0.6) is 0 Å². The second kappa shape index (κ2) is 24.9. The van der Waals surface area contributed by atoms with Crippen molar-refractivity contribution >= 4 is 29.5 Å². The molecule has 0 saturated carbocycles. The summed E-state index contributed by atoms with van der Waals surface area (Å²) < 4.78 is 12.0. The van der Waals surface area contributed by atoms with Gasteiger partial charge in [0.2, 0.25) is 23.6 Å². The number of carbonyl (C=O) groups is 5. The monoisotopic (exact) mass is 850 g/mol. The van der Waals surface area contributed by atoms with Gasteiger partial charge >= 0.3 is 0 Å². The lowest BCUT2D eigenvalue weighted by Crippen LogP contribution is -2.57. The number of piperazine rings is 1. The van der Waals surface area contributed by atoms with Crippen molar-refractivity contribution in [1.29, 1.82) is 0 Å². The van der Waals surface area contributed by atoms with Gasteiger partial charge in [-0.15, -0.1) is 0 Å². The summed E-state index contributed by atoms with van der Waals surface area (Å²) in [5.41, 5.74) is 4.26. The van der Waals surface area contributed by atoms with Gasteiger partial charge in [-0.2, -0.15) is 0 Å². The van der Waals surface area contributed by atoms with E-state index >= 15 is 0 Å². The number of nitrogens with zero attached hydrogens (tertiary/aromatic N) is 3. The van der Waals surface area contributed by atoms with Gasteiger partial charge in [0, 0.05) is 60.4 Å². The second-order valence-electron chi connectivity index (χ2n) is 16.8. The molecular formula is C46H71N7O8. The van der Waals surface area contributed by atoms with Crippen LogP contribution in [-0.4, -0.2) is 141 Å². The lowest BCUT2D eigenvalue weighted by Gasteiger charge is -2.39. The molecule has 5 amide bonds. The average molecular weight is 850 g/mol. The van der Waals surface area contributed by atoms with E-state index in [2.05, 4.69) is 26.3 Å². The first-order valence-corrected chi connectivity index (χ1v) is 21.9. The number of hydroxylamine groups is 1. The molecule has 2 saturated heterocycles. The Hall–Kier alpha value is -4.41. The zero-order chi connectivity index (χ0) is 44.5. The first-order chi connectivity index (χ1) is 29.3. The fourth-order valence-corrected chi connectivity index (χ4v) is 8.77. The van der Waals surface area contributed by atoms with Gasteiger partial charge in [-0.1, -0.05) is 102 Å². The minimum absolute atomic E-state index is 0.00369. The number of benzene rings is 2. The molecule has 0 aliphatic carbocycles. The van der Waals surface area contributed by atoms with Crippen LogP contribution in [0.2, 0.25) is 0 Å². The summed E-state index contributed by atoms with van der Waals surface area (Å²) in [6.07, 6.45) is 1.01. The third-order valence-corrected chi connectivity index (χ3v) is 12.3. The minimum atomic E-state index is -0.941. The zero-order valence-electron chi connectivity index (χ0n) is 37.6. The molecule has 0 bridgehead atoms. The van der Waals surface area contributed by atoms with Gasteiger partial charge in [0.25, 0.3) is 5.91 Å². The van der Waals surface area contributed by atoms with Gasteiger partial charge in [0.1, 0.15) is 6.04 Å². The molecule has 15 nitrogen and oxygen atoms in total. The molecule has 4 N–H and O–H groups in total. The Balaban J connectivity index is 1.41. The molecule has 8 atom stereocenters. The van der Waals surface area contributed by atoms with Crippen molar-refractivity contribution in [2.75, 3.05) is 60.5 Å². The molecule has 0 spiro atoms. The number of amides is 5. The first-order valence-electron chi connectivity index (χ1n) is 21.9. The SMILES string of the molecule is CCC(C)C(C(CC(=O)N1CCCC1C(OC)C(C)C(=O)NC(Cc1ccccc1)C(=O)NOCc1ccccc1)OC)N(C)C(=O)CNC(=O)C(C(C)C)N1CCNCC1. The van der Waals surface area contributed by atoms with E-state index in [1.807, 2.05) is 88.4 Å². The van der Waals surface area contributed by atoms with E-state index in [-0.39, 0.29) is 61.6 Å². The Morgan fingerprint density at radius 2 is 1.49 bits per heavy atom. The van der Waals surface area contributed by atoms with Crippen molar-refractivity contribution in [3.63, 3.8) is 0 Å². The molecule has 8 unspecified atom stereocenters. The average Bonchev–Trinajstić information content (AvgIpc) is 3.75. The number of likely N-dealkylation sites (tertiary alicyclic amines) is 1. The summed E-state index contributed by atoms with van der Waals surface area (Å²) in [6, 6.07) is 16.7. The smallest absolute Gasteiger partial charge is 0.266 e. The van der Waals surface area contributed by atoms with E-state index in [1.54, 1.807) is 30.9 Å².